The number of rotatable bonds is 5. The molecule has 0 bridgehead atoms. The minimum atomic E-state index is 0.143. The summed E-state index contributed by atoms with van der Waals surface area (Å²) in [6.45, 7) is 3.21. The van der Waals surface area contributed by atoms with Gasteiger partial charge in [0.1, 0.15) is 0 Å². The predicted octanol–water partition coefficient (Wildman–Crippen LogP) is 3.35. The van der Waals surface area contributed by atoms with Crippen LogP contribution in [0.4, 0.5) is 0 Å². The van der Waals surface area contributed by atoms with E-state index in [9.17, 15) is 4.79 Å². The first-order valence-corrected chi connectivity index (χ1v) is 9.89. The summed E-state index contributed by atoms with van der Waals surface area (Å²) < 4.78 is 16.4. The second-order valence-corrected chi connectivity index (χ2v) is 7.30. The molecule has 2 aliphatic heterocycles. The molecule has 138 valence electrons. The maximum atomic E-state index is 12.5. The molecule has 4 rings (SSSR count). The van der Waals surface area contributed by atoms with Crippen LogP contribution >= 0.6 is 11.8 Å². The maximum Gasteiger partial charge on any atom is 0.277 e. The molecule has 1 atom stereocenters. The summed E-state index contributed by atoms with van der Waals surface area (Å²) in [4.78, 5) is 14.5. The summed E-state index contributed by atoms with van der Waals surface area (Å²) >= 11 is 1.29. The molecule has 26 heavy (non-hydrogen) atoms. The van der Waals surface area contributed by atoms with E-state index >= 15 is 0 Å². The van der Waals surface area contributed by atoms with Crippen molar-refractivity contribution in [2.24, 2.45) is 0 Å². The fourth-order valence-corrected chi connectivity index (χ4v) is 4.02. The number of hydrogen-bond acceptors (Lipinski definition) is 7. The second kappa shape index (κ2) is 7.57. The van der Waals surface area contributed by atoms with Crippen LogP contribution in [0.5, 0.6) is 11.5 Å². The molecule has 0 N–H and O–H groups in total. The fourth-order valence-electron chi connectivity index (χ4n) is 3.37. The Bertz CT molecular complexity index is 794. The Kier molecular flexibility index (Phi) is 5.01. The van der Waals surface area contributed by atoms with Gasteiger partial charge < -0.3 is 18.8 Å². The van der Waals surface area contributed by atoms with E-state index in [1.54, 1.807) is 0 Å². The molecule has 0 spiro atoms. The quantitative estimate of drug-likeness (QED) is 0.742. The van der Waals surface area contributed by atoms with Gasteiger partial charge in [0.15, 0.2) is 11.5 Å². The number of ether oxygens (including phenoxy) is 2. The average molecular weight is 375 g/mol. The van der Waals surface area contributed by atoms with E-state index in [1.165, 1.54) is 18.2 Å². The average Bonchev–Trinajstić information content (AvgIpc) is 3.34. The highest BCUT2D eigenvalue weighted by atomic mass is 32.2. The Morgan fingerprint density at radius 3 is 3.04 bits per heavy atom. The molecule has 1 amide bonds. The highest BCUT2D eigenvalue weighted by molar-refractivity contribution is 7.99. The van der Waals surface area contributed by atoms with E-state index < -0.39 is 0 Å². The number of hydrogen-bond donors (Lipinski definition) is 0. The molecule has 2 aliphatic rings. The van der Waals surface area contributed by atoms with Gasteiger partial charge in [-0.1, -0.05) is 18.7 Å². The molecule has 1 aromatic heterocycles. The third kappa shape index (κ3) is 3.51. The predicted molar refractivity (Wildman–Crippen MR) is 96.2 cm³/mol. The number of amides is 1. The van der Waals surface area contributed by atoms with E-state index in [1.807, 2.05) is 23.1 Å². The lowest BCUT2D eigenvalue weighted by molar-refractivity contribution is -0.132. The smallest absolute Gasteiger partial charge is 0.277 e. The van der Waals surface area contributed by atoms with Gasteiger partial charge in [-0.3, -0.25) is 4.79 Å². The number of aromatic nitrogens is 2. The minimum Gasteiger partial charge on any atom is -0.454 e. The van der Waals surface area contributed by atoms with Gasteiger partial charge in [-0.05, 0) is 43.9 Å². The first-order chi connectivity index (χ1) is 12.7. The molecule has 1 aromatic carbocycles. The van der Waals surface area contributed by atoms with Crippen molar-refractivity contribution < 1.29 is 18.7 Å². The van der Waals surface area contributed by atoms with Gasteiger partial charge in [-0.2, -0.15) is 0 Å². The number of carbonyl (C=O) groups is 1. The lowest BCUT2D eigenvalue weighted by Gasteiger charge is -2.35. The summed E-state index contributed by atoms with van der Waals surface area (Å²) in [5, 5.41) is 8.52. The molecule has 0 saturated carbocycles. The Hall–Kier alpha value is -2.22. The third-order valence-electron chi connectivity index (χ3n) is 4.76. The van der Waals surface area contributed by atoms with Gasteiger partial charge in [0, 0.05) is 18.2 Å². The van der Waals surface area contributed by atoms with Gasteiger partial charge in [-0.15, -0.1) is 10.2 Å². The van der Waals surface area contributed by atoms with Crippen molar-refractivity contribution in [3.8, 4) is 23.0 Å². The van der Waals surface area contributed by atoms with E-state index in [0.29, 0.717) is 34.4 Å². The summed E-state index contributed by atoms with van der Waals surface area (Å²) in [6, 6.07) is 5.85. The Labute approximate surface area is 156 Å². The molecular formula is C18H21N3O4S. The van der Waals surface area contributed by atoms with Crippen LogP contribution in [-0.2, 0) is 4.79 Å². The number of benzene rings is 1. The summed E-state index contributed by atoms with van der Waals surface area (Å²) in [5.41, 5.74) is 0.766. The summed E-state index contributed by atoms with van der Waals surface area (Å²) in [5.74, 6) is 2.24. The Balaban J connectivity index is 1.38. The van der Waals surface area contributed by atoms with Gasteiger partial charge in [0.2, 0.25) is 18.6 Å². The van der Waals surface area contributed by atoms with Gasteiger partial charge in [0.25, 0.3) is 5.22 Å². The van der Waals surface area contributed by atoms with Crippen LogP contribution in [0, 0.1) is 0 Å². The van der Waals surface area contributed by atoms with Crippen LogP contribution in [0.1, 0.15) is 32.6 Å². The van der Waals surface area contributed by atoms with Crippen LogP contribution in [0.25, 0.3) is 11.5 Å². The van der Waals surface area contributed by atoms with Crippen LogP contribution in [-0.4, -0.2) is 46.1 Å². The van der Waals surface area contributed by atoms with Gasteiger partial charge >= 0.3 is 0 Å². The third-order valence-corrected chi connectivity index (χ3v) is 5.57. The van der Waals surface area contributed by atoms with E-state index in [0.717, 1.165) is 31.4 Å². The topological polar surface area (TPSA) is 77.7 Å². The second-order valence-electron chi connectivity index (χ2n) is 6.37. The Morgan fingerprint density at radius 1 is 1.27 bits per heavy atom. The molecule has 1 fully saturated rings. The van der Waals surface area contributed by atoms with E-state index in [-0.39, 0.29) is 12.7 Å². The molecule has 0 unspecified atom stereocenters. The number of piperidine rings is 1. The normalized spacial score (nSPS) is 19.0. The molecule has 0 radical (unpaired) electrons. The largest absolute Gasteiger partial charge is 0.454 e. The number of nitrogens with zero attached hydrogens (tertiary/aromatic N) is 3. The van der Waals surface area contributed by atoms with Gasteiger partial charge in [-0.25, -0.2) is 0 Å². The number of carbonyl (C=O) groups excluding carboxylic acids is 1. The standard InChI is InChI=1S/C18H21N3O4S/c1-2-13-5-3-4-8-21(13)16(22)10-26-18-20-19-17(25-18)12-6-7-14-15(9-12)24-11-23-14/h6-7,9,13H,2-5,8,10-11H2,1H3/t13-/m0/s1. The number of thioether (sulfide) groups is 1. The molecule has 0 aliphatic carbocycles. The summed E-state index contributed by atoms with van der Waals surface area (Å²) in [7, 11) is 0. The van der Waals surface area contributed by atoms with E-state index in [2.05, 4.69) is 17.1 Å². The lowest BCUT2D eigenvalue weighted by atomic mass is 10.0. The van der Waals surface area contributed by atoms with Crippen molar-refractivity contribution >= 4 is 17.7 Å². The SMILES string of the molecule is CC[C@H]1CCCCN1C(=O)CSc1nnc(-c2ccc3c(c2)OCO3)o1. The number of likely N-dealkylation sites (tertiary alicyclic amines) is 1. The van der Waals surface area contributed by atoms with E-state index in [4.69, 9.17) is 13.9 Å². The van der Waals surface area contributed by atoms with Crippen LogP contribution < -0.4 is 9.47 Å². The van der Waals surface area contributed by atoms with Crippen LogP contribution in [0.15, 0.2) is 27.8 Å². The van der Waals surface area contributed by atoms with Crippen molar-refractivity contribution in [3.05, 3.63) is 18.2 Å². The van der Waals surface area contributed by atoms with Crippen molar-refractivity contribution in [1.29, 1.82) is 0 Å². The van der Waals surface area contributed by atoms with Crippen LogP contribution in [0.2, 0.25) is 0 Å². The maximum absolute atomic E-state index is 12.5. The zero-order valence-electron chi connectivity index (χ0n) is 14.6. The monoisotopic (exact) mass is 375 g/mol. The fraction of sp³-hybridized carbons (Fsp3) is 0.500. The first-order valence-electron chi connectivity index (χ1n) is 8.90. The number of fused-ring (bicyclic) bond motifs is 1. The molecule has 1 saturated heterocycles. The zero-order chi connectivity index (χ0) is 17.9. The molecule has 8 heteroatoms. The zero-order valence-corrected chi connectivity index (χ0v) is 15.5. The molecule has 3 heterocycles. The molecule has 7 nitrogen and oxygen atoms in total. The van der Waals surface area contributed by atoms with Crippen molar-refractivity contribution in [2.45, 2.75) is 43.9 Å². The highest BCUT2D eigenvalue weighted by Gasteiger charge is 2.25. The Morgan fingerprint density at radius 2 is 2.15 bits per heavy atom. The molecular weight excluding hydrogens is 354 g/mol. The lowest BCUT2D eigenvalue weighted by Crippen LogP contribution is -2.44. The summed E-state index contributed by atoms with van der Waals surface area (Å²) in [6.07, 6.45) is 4.40. The van der Waals surface area contributed by atoms with Crippen molar-refractivity contribution in [2.75, 3.05) is 19.1 Å². The van der Waals surface area contributed by atoms with Crippen molar-refractivity contribution in [1.82, 2.24) is 15.1 Å². The molecule has 2 aromatic rings. The minimum absolute atomic E-state index is 0.143. The van der Waals surface area contributed by atoms with Crippen molar-refractivity contribution in [3.63, 3.8) is 0 Å². The first kappa shape index (κ1) is 17.2. The highest BCUT2D eigenvalue weighted by Crippen LogP contribution is 2.36. The van der Waals surface area contributed by atoms with Crippen LogP contribution in [0.3, 0.4) is 0 Å². The van der Waals surface area contributed by atoms with Gasteiger partial charge in [0.05, 0.1) is 5.75 Å².